The van der Waals surface area contributed by atoms with Crippen LogP contribution in [-0.4, -0.2) is 0 Å². The maximum atomic E-state index is 2.52. The molecule has 0 heterocycles. The quantitative estimate of drug-likeness (QED) is 0.135. The second kappa shape index (κ2) is 26.7. The summed E-state index contributed by atoms with van der Waals surface area (Å²) < 4.78 is 0. The van der Waals surface area contributed by atoms with E-state index in [2.05, 4.69) is 291 Å². The molecule has 0 bridgehead atoms. The molecule has 534 valence electrons. The molecule has 0 fully saturated rings. The average Bonchev–Trinajstić information content (AvgIpc) is 0.707. The van der Waals surface area contributed by atoms with Crippen molar-refractivity contribution in [2.24, 2.45) is 0 Å². The van der Waals surface area contributed by atoms with Gasteiger partial charge in [-0.2, -0.15) is 0 Å². The summed E-state index contributed by atoms with van der Waals surface area (Å²) >= 11 is 0. The van der Waals surface area contributed by atoms with Crippen LogP contribution in [0.2, 0.25) is 0 Å². The monoisotopic (exact) mass is 1350 g/mol. The molecule has 0 nitrogen and oxygen atoms in total. The molecule has 10 aromatic rings. The van der Waals surface area contributed by atoms with Crippen LogP contribution in [0.4, 0.5) is 0 Å². The zero-order valence-corrected chi connectivity index (χ0v) is 72.0. The number of rotatable bonds is 9. The molecule has 0 aliphatic heterocycles. The van der Waals surface area contributed by atoms with Gasteiger partial charge in [-0.15, -0.1) is 0 Å². The average molecular weight is 1350 g/mol. The van der Waals surface area contributed by atoms with E-state index in [0.29, 0.717) is 0 Å². The molecule has 0 amide bonds. The zero-order valence-electron chi connectivity index (χ0n) is 72.0. The maximum Gasteiger partial charge on any atom is -0.0107 e. The third-order valence-corrected chi connectivity index (χ3v) is 29.2. The summed E-state index contributed by atoms with van der Waals surface area (Å²) in [6, 6.07) is 0. The number of hydrogen-bond donors (Lipinski definition) is 0. The molecular weight excluding hydrogens is 1230 g/mol. The molecule has 0 radical (unpaired) electrons. The molecule has 0 saturated carbocycles. The molecule has 0 unspecified atom stereocenters. The van der Waals surface area contributed by atoms with Gasteiger partial charge in [0.15, 0.2) is 0 Å². The van der Waals surface area contributed by atoms with Gasteiger partial charge in [-0.25, -0.2) is 0 Å². The van der Waals surface area contributed by atoms with Crippen LogP contribution >= 0.6 is 0 Å². The van der Waals surface area contributed by atoms with Crippen molar-refractivity contribution in [3.63, 3.8) is 0 Å². The van der Waals surface area contributed by atoms with Gasteiger partial charge in [-0.05, 0) is 625 Å². The minimum absolute atomic E-state index is 1.35. The van der Waals surface area contributed by atoms with Gasteiger partial charge in [0.25, 0.3) is 0 Å². The van der Waals surface area contributed by atoms with Gasteiger partial charge in [0.2, 0.25) is 0 Å². The van der Waals surface area contributed by atoms with E-state index in [0.717, 1.165) is 0 Å². The Bertz CT molecular complexity index is 4540. The minimum atomic E-state index is 1.35. The van der Waals surface area contributed by atoms with E-state index in [9.17, 15) is 0 Å². The molecule has 0 aliphatic carbocycles. The van der Waals surface area contributed by atoms with Crippen molar-refractivity contribution in [2.45, 2.75) is 291 Å². The van der Waals surface area contributed by atoms with Crippen molar-refractivity contribution >= 4 is 0 Å². The summed E-state index contributed by atoms with van der Waals surface area (Å²) in [5.41, 5.74) is 83.0. The molecule has 0 N–H and O–H groups in total. The van der Waals surface area contributed by atoms with Gasteiger partial charge < -0.3 is 0 Å². The van der Waals surface area contributed by atoms with Crippen molar-refractivity contribution in [3.8, 4) is 100 Å². The Morgan fingerprint density at radius 3 is 0.157 bits per heavy atom. The summed E-state index contributed by atoms with van der Waals surface area (Å²) in [5, 5.41) is 0. The van der Waals surface area contributed by atoms with Gasteiger partial charge in [0.05, 0.1) is 0 Å². The van der Waals surface area contributed by atoms with E-state index < -0.39 is 0 Å². The molecule has 0 aliphatic rings. The van der Waals surface area contributed by atoms with Gasteiger partial charge in [0.1, 0.15) is 0 Å². The van der Waals surface area contributed by atoms with Crippen molar-refractivity contribution in [3.05, 3.63) is 234 Å². The first-order valence-corrected chi connectivity index (χ1v) is 38.2. The fraction of sp³-hybridized carbons (Fsp3) is 0.412. The van der Waals surface area contributed by atoms with E-state index in [1.165, 1.54) is 334 Å². The summed E-state index contributed by atoms with van der Waals surface area (Å²) in [6.45, 7) is 101. The second-order valence-electron chi connectivity index (χ2n) is 33.0. The van der Waals surface area contributed by atoms with E-state index in [1.807, 2.05) is 0 Å². The van der Waals surface area contributed by atoms with Gasteiger partial charge in [-0.1, -0.05) is 0 Å². The predicted molar refractivity (Wildman–Crippen MR) is 454 cm³/mol. The minimum Gasteiger partial charge on any atom is -0.0447 e. The van der Waals surface area contributed by atoms with Crippen LogP contribution in [0.5, 0.6) is 0 Å². The van der Waals surface area contributed by atoms with E-state index in [-0.39, 0.29) is 0 Å². The molecule has 0 saturated heterocycles. The lowest BCUT2D eigenvalue weighted by molar-refractivity contribution is 1.15. The Kier molecular flexibility index (Phi) is 20.1. The lowest BCUT2D eigenvalue weighted by Gasteiger charge is -2.33. The third kappa shape index (κ3) is 10.7. The fourth-order valence-corrected chi connectivity index (χ4v) is 20.4. The first-order valence-electron chi connectivity index (χ1n) is 38.2. The molecular formula is C102H126. The lowest BCUT2D eigenvalue weighted by atomic mass is 9.70. The Labute approximate surface area is 620 Å². The van der Waals surface area contributed by atoms with Crippen LogP contribution < -0.4 is 0 Å². The summed E-state index contributed by atoms with van der Waals surface area (Å²) in [4.78, 5) is 0. The van der Waals surface area contributed by atoms with Crippen LogP contribution in [-0.2, 0) is 0 Å². The lowest BCUT2D eigenvalue weighted by Crippen LogP contribution is -2.11. The molecule has 0 spiro atoms. The highest BCUT2D eigenvalue weighted by molar-refractivity contribution is 6.03. The maximum absolute atomic E-state index is 2.52. The molecule has 102 heavy (non-hydrogen) atoms. The Balaban J connectivity index is 1.47. The Hall–Kier alpha value is -7.80. The summed E-state index contributed by atoms with van der Waals surface area (Å²) in [7, 11) is 0. The third-order valence-electron chi connectivity index (χ3n) is 29.2. The number of hydrogen-bond acceptors (Lipinski definition) is 0. The highest BCUT2D eigenvalue weighted by Gasteiger charge is 2.35. The van der Waals surface area contributed by atoms with Gasteiger partial charge in [-0.3, -0.25) is 0 Å². The Morgan fingerprint density at radius 2 is 0.0882 bits per heavy atom. The van der Waals surface area contributed by atoms with Crippen molar-refractivity contribution in [1.29, 1.82) is 0 Å². The molecule has 10 rings (SSSR count). The summed E-state index contributed by atoms with van der Waals surface area (Å²) in [6.07, 6.45) is 0. The SMILES string of the molecule is Cc1c(C)c(C)c(-c2c(C)c(C)c(-c3c(C)c(-c4c(C)c(C)c(-c5c(C)c(C)c(C)c(C)c5C)c(C)c4C)c(C)c(-c4c(C)c(-c5c(C)c(C)c(-c6c(C)c(C)c(C)c(C)c6C)c(C)c5C)c(C)c(-c5c(C)c(C)c(-c6c(C)c(C)c(C)c(C)c6C)c(C)c5C)c4C)c3C)c(C)c2C)c(C)c1C. The number of benzene rings is 10. The fourth-order valence-electron chi connectivity index (χ4n) is 20.4. The molecule has 10 aromatic carbocycles. The van der Waals surface area contributed by atoms with Gasteiger partial charge in [0, 0.05) is 0 Å². The first kappa shape index (κ1) is 76.8. The first-order chi connectivity index (χ1) is 47.2. The van der Waals surface area contributed by atoms with Crippen LogP contribution in [0, 0.1) is 291 Å². The predicted octanol–water partition coefficient (Wildman–Crippen LogP) is 29.6. The van der Waals surface area contributed by atoms with E-state index in [4.69, 9.17) is 0 Å². The topological polar surface area (TPSA) is 0 Å². The van der Waals surface area contributed by atoms with Gasteiger partial charge >= 0.3 is 0 Å². The largest absolute Gasteiger partial charge is 0.0447 e. The van der Waals surface area contributed by atoms with Crippen molar-refractivity contribution in [1.82, 2.24) is 0 Å². The van der Waals surface area contributed by atoms with Crippen LogP contribution in [0.1, 0.15) is 234 Å². The molecule has 0 aromatic heterocycles. The highest BCUT2D eigenvalue weighted by Crippen LogP contribution is 2.57. The molecule has 0 atom stereocenters. The normalized spacial score (nSPS) is 11.8. The Morgan fingerprint density at radius 1 is 0.0490 bits per heavy atom. The summed E-state index contributed by atoms with van der Waals surface area (Å²) in [5.74, 6) is 0. The van der Waals surface area contributed by atoms with Crippen LogP contribution in [0.15, 0.2) is 0 Å². The van der Waals surface area contributed by atoms with Crippen molar-refractivity contribution in [2.75, 3.05) is 0 Å². The van der Waals surface area contributed by atoms with Crippen LogP contribution in [0.3, 0.4) is 0 Å². The van der Waals surface area contributed by atoms with E-state index >= 15 is 0 Å². The molecule has 0 heteroatoms. The smallest absolute Gasteiger partial charge is 0.0107 e. The zero-order chi connectivity index (χ0) is 76.6. The second-order valence-corrected chi connectivity index (χ2v) is 33.0. The van der Waals surface area contributed by atoms with E-state index in [1.54, 1.807) is 0 Å². The highest BCUT2D eigenvalue weighted by atomic mass is 14.4. The van der Waals surface area contributed by atoms with Crippen LogP contribution in [0.25, 0.3) is 100 Å². The van der Waals surface area contributed by atoms with Crippen molar-refractivity contribution < 1.29 is 0 Å². The standard InChI is InChI=1S/C102H126/c1-43-47(5)55(13)85(56(14)48(43)6)89-63(21)71(29)93(72(30)64(89)22)97-79(37)98(94-73(31)65(23)90(66(24)74(94)32)86-57(15)49(7)44(2)50(8)58(86)16)82(40)101(81(97)39)102-83(41)99(95-75(33)67(25)91(68(26)76(95)34)87-59(17)51(9)45(3)52(10)60(87)18)80(38)100(84(102)42)96-77(35)69(27)92(70(28)78(96)36)88-61(19)53(11)46(4)54(12)62(88)20/h1-42H3.